The molecule has 9 heteroatoms. The van der Waals surface area contributed by atoms with Crippen molar-refractivity contribution < 1.29 is 14.1 Å². The maximum Gasteiger partial charge on any atom is 0.322 e. The Balaban J connectivity index is 1.54. The minimum absolute atomic E-state index is 0.0213. The van der Waals surface area contributed by atoms with Crippen molar-refractivity contribution in [3.8, 4) is 0 Å². The van der Waals surface area contributed by atoms with Crippen LogP contribution in [0.2, 0.25) is 0 Å². The summed E-state index contributed by atoms with van der Waals surface area (Å²) in [5.74, 6) is 1.08. The highest BCUT2D eigenvalue weighted by atomic mass is 32.2. The van der Waals surface area contributed by atoms with Crippen LogP contribution in [0.1, 0.15) is 23.9 Å². The largest absolute Gasteiger partial charge is 0.407 e. The molecule has 0 bridgehead atoms. The second-order valence-corrected chi connectivity index (χ2v) is 7.24. The quantitative estimate of drug-likeness (QED) is 0.348. The molecular formula is C19H18N4O4S. The van der Waals surface area contributed by atoms with Gasteiger partial charge in [-0.25, -0.2) is 0 Å². The summed E-state index contributed by atoms with van der Waals surface area (Å²) in [6.07, 6.45) is 0.522. The monoisotopic (exact) mass is 398 g/mol. The summed E-state index contributed by atoms with van der Waals surface area (Å²) >= 11 is 1.77. The molecule has 0 fully saturated rings. The Morgan fingerprint density at radius 3 is 2.43 bits per heavy atom. The third-order valence-electron chi connectivity index (χ3n) is 3.81. The van der Waals surface area contributed by atoms with E-state index in [1.165, 1.54) is 29.2 Å². The van der Waals surface area contributed by atoms with Gasteiger partial charge in [0.15, 0.2) is 0 Å². The van der Waals surface area contributed by atoms with Crippen LogP contribution in [0.25, 0.3) is 0 Å². The van der Waals surface area contributed by atoms with E-state index in [4.69, 9.17) is 4.42 Å². The molecule has 3 rings (SSSR count). The van der Waals surface area contributed by atoms with Gasteiger partial charge in [-0.05, 0) is 29.0 Å². The summed E-state index contributed by atoms with van der Waals surface area (Å²) in [6.45, 7) is 2.11. The minimum atomic E-state index is -0.486. The molecule has 0 saturated heterocycles. The van der Waals surface area contributed by atoms with Gasteiger partial charge in [-0.3, -0.25) is 20.2 Å². The van der Waals surface area contributed by atoms with Crippen molar-refractivity contribution in [2.24, 2.45) is 0 Å². The molecule has 0 atom stereocenters. The van der Waals surface area contributed by atoms with Crippen molar-refractivity contribution in [3.63, 3.8) is 0 Å². The number of thioether (sulfide) groups is 1. The Bertz CT molecular complexity index is 955. The number of hydrogen-bond donors (Lipinski definition) is 1. The second kappa shape index (κ2) is 9.14. The van der Waals surface area contributed by atoms with Gasteiger partial charge in [0.25, 0.3) is 5.69 Å². The standard InChI is InChI=1S/C19H18N4O4S/c1-2-28-16-9-5-14(6-10-16)12-18-21-22-19(27-18)20-17(24)11-13-3-7-15(8-4-13)23(25)26/h3-10H,2,11-12H2,1H3,(H,20,22,24). The van der Waals surface area contributed by atoms with Crippen LogP contribution in [0, 0.1) is 10.1 Å². The van der Waals surface area contributed by atoms with Gasteiger partial charge in [0, 0.05) is 17.0 Å². The summed E-state index contributed by atoms with van der Waals surface area (Å²) in [5, 5.41) is 21.0. The summed E-state index contributed by atoms with van der Waals surface area (Å²) in [7, 11) is 0. The number of nitro groups is 1. The number of rotatable bonds is 8. The third-order valence-corrected chi connectivity index (χ3v) is 4.71. The van der Waals surface area contributed by atoms with Gasteiger partial charge in [-0.2, -0.15) is 0 Å². The first-order chi connectivity index (χ1) is 13.5. The number of hydrogen-bond acceptors (Lipinski definition) is 7. The second-order valence-electron chi connectivity index (χ2n) is 5.90. The SMILES string of the molecule is CCSc1ccc(Cc2nnc(NC(=O)Cc3ccc([N+](=O)[O-])cc3)o2)cc1. The van der Waals surface area contributed by atoms with E-state index in [0.29, 0.717) is 17.9 Å². The van der Waals surface area contributed by atoms with Crippen molar-refractivity contribution in [2.45, 2.75) is 24.7 Å². The molecule has 0 saturated carbocycles. The van der Waals surface area contributed by atoms with Crippen molar-refractivity contribution in [1.82, 2.24) is 10.2 Å². The Morgan fingerprint density at radius 1 is 1.11 bits per heavy atom. The lowest BCUT2D eigenvalue weighted by Crippen LogP contribution is -2.14. The molecule has 0 aliphatic heterocycles. The number of benzene rings is 2. The van der Waals surface area contributed by atoms with Crippen molar-refractivity contribution >= 4 is 29.4 Å². The lowest BCUT2D eigenvalue weighted by Gasteiger charge is -2.01. The van der Waals surface area contributed by atoms with Crippen LogP contribution >= 0.6 is 11.8 Å². The van der Waals surface area contributed by atoms with E-state index in [1.54, 1.807) is 11.8 Å². The van der Waals surface area contributed by atoms with E-state index in [1.807, 2.05) is 24.3 Å². The molecule has 0 aliphatic carbocycles. The van der Waals surface area contributed by atoms with Gasteiger partial charge in [0.2, 0.25) is 11.8 Å². The van der Waals surface area contributed by atoms with Gasteiger partial charge in [0.05, 0.1) is 17.8 Å². The van der Waals surface area contributed by atoms with Crippen LogP contribution in [0.3, 0.4) is 0 Å². The van der Waals surface area contributed by atoms with Crippen LogP contribution in [0.5, 0.6) is 0 Å². The molecule has 28 heavy (non-hydrogen) atoms. The van der Waals surface area contributed by atoms with Gasteiger partial charge < -0.3 is 4.42 Å². The van der Waals surface area contributed by atoms with Gasteiger partial charge in [-0.1, -0.05) is 36.3 Å². The van der Waals surface area contributed by atoms with Crippen molar-refractivity contribution in [2.75, 3.05) is 11.1 Å². The molecule has 1 heterocycles. The zero-order valence-electron chi connectivity index (χ0n) is 15.1. The molecule has 0 spiro atoms. The van der Waals surface area contributed by atoms with Crippen LogP contribution in [-0.4, -0.2) is 26.8 Å². The Kier molecular flexibility index (Phi) is 6.38. The number of nitrogens with zero attached hydrogens (tertiary/aromatic N) is 3. The molecule has 0 aliphatic rings. The topological polar surface area (TPSA) is 111 Å². The van der Waals surface area contributed by atoms with E-state index in [0.717, 1.165) is 11.3 Å². The zero-order chi connectivity index (χ0) is 19.9. The first kappa shape index (κ1) is 19.6. The number of nitro benzene ring substituents is 1. The highest BCUT2D eigenvalue weighted by molar-refractivity contribution is 7.99. The van der Waals surface area contributed by atoms with E-state index in [9.17, 15) is 14.9 Å². The fourth-order valence-electron chi connectivity index (χ4n) is 2.50. The molecule has 0 unspecified atom stereocenters. The molecule has 0 radical (unpaired) electrons. The molecule has 1 amide bonds. The number of carbonyl (C=O) groups is 1. The number of non-ortho nitro benzene ring substituents is 1. The molecule has 1 aromatic heterocycles. The zero-order valence-corrected chi connectivity index (χ0v) is 15.9. The number of aromatic nitrogens is 2. The third kappa shape index (κ3) is 5.40. The summed E-state index contributed by atoms with van der Waals surface area (Å²) < 4.78 is 5.48. The van der Waals surface area contributed by atoms with E-state index in [2.05, 4.69) is 22.4 Å². The average Bonchev–Trinajstić information content (AvgIpc) is 3.10. The van der Waals surface area contributed by atoms with Crippen LogP contribution in [0.15, 0.2) is 57.8 Å². The number of amides is 1. The lowest BCUT2D eigenvalue weighted by atomic mass is 10.1. The minimum Gasteiger partial charge on any atom is -0.407 e. The normalized spacial score (nSPS) is 10.6. The number of nitrogens with one attached hydrogen (secondary N) is 1. The number of anilines is 1. The predicted molar refractivity (Wildman–Crippen MR) is 105 cm³/mol. The number of carbonyl (C=O) groups excluding carboxylic acids is 1. The summed E-state index contributed by atoms with van der Waals surface area (Å²) in [6, 6.07) is 13.9. The average molecular weight is 398 g/mol. The molecule has 1 N–H and O–H groups in total. The highest BCUT2D eigenvalue weighted by Gasteiger charge is 2.12. The summed E-state index contributed by atoms with van der Waals surface area (Å²) in [4.78, 5) is 23.5. The molecular weight excluding hydrogens is 380 g/mol. The predicted octanol–water partition coefficient (Wildman–Crippen LogP) is 3.86. The van der Waals surface area contributed by atoms with Crippen LogP contribution in [-0.2, 0) is 17.6 Å². The lowest BCUT2D eigenvalue weighted by molar-refractivity contribution is -0.384. The fraction of sp³-hybridized carbons (Fsp3) is 0.211. The van der Waals surface area contributed by atoms with Gasteiger partial charge >= 0.3 is 6.01 Å². The summed E-state index contributed by atoms with van der Waals surface area (Å²) in [5.41, 5.74) is 1.66. The molecule has 8 nitrogen and oxygen atoms in total. The van der Waals surface area contributed by atoms with E-state index in [-0.39, 0.29) is 24.0 Å². The molecule has 144 valence electrons. The Hall–Kier alpha value is -3.20. The Morgan fingerprint density at radius 2 is 1.79 bits per heavy atom. The Labute approximate surface area is 165 Å². The maximum absolute atomic E-state index is 12.1. The van der Waals surface area contributed by atoms with Crippen LogP contribution in [0.4, 0.5) is 11.7 Å². The first-order valence-electron chi connectivity index (χ1n) is 8.61. The van der Waals surface area contributed by atoms with E-state index < -0.39 is 4.92 Å². The van der Waals surface area contributed by atoms with Gasteiger partial charge in [-0.15, -0.1) is 16.9 Å². The van der Waals surface area contributed by atoms with E-state index >= 15 is 0 Å². The molecule has 2 aromatic carbocycles. The van der Waals surface area contributed by atoms with Crippen molar-refractivity contribution in [1.29, 1.82) is 0 Å². The van der Waals surface area contributed by atoms with Crippen LogP contribution < -0.4 is 5.32 Å². The fourth-order valence-corrected chi connectivity index (χ4v) is 3.17. The van der Waals surface area contributed by atoms with Crippen molar-refractivity contribution in [3.05, 3.63) is 75.7 Å². The maximum atomic E-state index is 12.1. The molecule has 3 aromatic rings. The first-order valence-corrected chi connectivity index (χ1v) is 9.59. The highest BCUT2D eigenvalue weighted by Crippen LogP contribution is 2.19. The smallest absolute Gasteiger partial charge is 0.322 e. The van der Waals surface area contributed by atoms with Gasteiger partial charge in [0.1, 0.15) is 0 Å².